The molecular formula is C14H19N3. The summed E-state index contributed by atoms with van der Waals surface area (Å²) in [7, 11) is 0. The monoisotopic (exact) mass is 229 g/mol. The second-order valence-corrected chi connectivity index (χ2v) is 4.68. The van der Waals surface area contributed by atoms with Gasteiger partial charge in [-0.05, 0) is 38.5 Å². The van der Waals surface area contributed by atoms with Crippen molar-refractivity contribution in [2.24, 2.45) is 5.73 Å². The first-order chi connectivity index (χ1) is 8.10. The van der Waals surface area contributed by atoms with Gasteiger partial charge in [-0.3, -0.25) is 4.98 Å². The molecule has 0 amide bonds. The highest BCUT2D eigenvalue weighted by molar-refractivity contribution is 5.92. The van der Waals surface area contributed by atoms with Gasteiger partial charge in [-0.25, -0.2) is 0 Å². The molecule has 3 heteroatoms. The highest BCUT2D eigenvalue weighted by Crippen LogP contribution is 2.24. The van der Waals surface area contributed by atoms with Gasteiger partial charge in [0, 0.05) is 23.7 Å². The summed E-state index contributed by atoms with van der Waals surface area (Å²) in [5, 5.41) is 4.60. The number of fused-ring (bicyclic) bond motifs is 1. The van der Waals surface area contributed by atoms with Gasteiger partial charge in [-0.1, -0.05) is 12.1 Å². The summed E-state index contributed by atoms with van der Waals surface area (Å²) >= 11 is 0. The molecule has 0 saturated carbocycles. The van der Waals surface area contributed by atoms with Crippen molar-refractivity contribution < 1.29 is 0 Å². The predicted molar refractivity (Wildman–Crippen MR) is 73.1 cm³/mol. The molecule has 1 aromatic carbocycles. The third-order valence-electron chi connectivity index (χ3n) is 2.67. The molecule has 17 heavy (non-hydrogen) atoms. The lowest BCUT2D eigenvalue weighted by Crippen LogP contribution is -2.11. The smallest absolute Gasteiger partial charge is 0.0729 e. The lowest BCUT2D eigenvalue weighted by molar-refractivity contribution is 0.898. The normalized spacial score (nSPS) is 11.1. The SMILES string of the molecule is Cc1ccc2c(NC(C)C)cc(CN)nc2c1. The van der Waals surface area contributed by atoms with E-state index < -0.39 is 0 Å². The van der Waals surface area contributed by atoms with Crippen molar-refractivity contribution in [1.29, 1.82) is 0 Å². The van der Waals surface area contributed by atoms with Crippen molar-refractivity contribution in [3.05, 3.63) is 35.5 Å². The molecule has 3 N–H and O–H groups in total. The molecule has 2 rings (SSSR count). The number of aryl methyl sites for hydroxylation is 1. The van der Waals surface area contributed by atoms with Crippen LogP contribution in [0, 0.1) is 6.92 Å². The highest BCUT2D eigenvalue weighted by Gasteiger charge is 2.06. The van der Waals surface area contributed by atoms with E-state index in [-0.39, 0.29) is 0 Å². The number of pyridine rings is 1. The molecular weight excluding hydrogens is 210 g/mol. The number of anilines is 1. The van der Waals surface area contributed by atoms with E-state index >= 15 is 0 Å². The summed E-state index contributed by atoms with van der Waals surface area (Å²) < 4.78 is 0. The quantitative estimate of drug-likeness (QED) is 0.851. The number of benzene rings is 1. The van der Waals surface area contributed by atoms with Crippen molar-refractivity contribution in [2.45, 2.75) is 33.4 Å². The van der Waals surface area contributed by atoms with Crippen LogP contribution in [0.3, 0.4) is 0 Å². The van der Waals surface area contributed by atoms with Crippen LogP contribution in [-0.2, 0) is 6.54 Å². The van der Waals surface area contributed by atoms with Crippen molar-refractivity contribution in [1.82, 2.24) is 4.98 Å². The number of hydrogen-bond donors (Lipinski definition) is 2. The van der Waals surface area contributed by atoms with E-state index in [9.17, 15) is 0 Å². The van der Waals surface area contributed by atoms with Crippen LogP contribution < -0.4 is 11.1 Å². The zero-order valence-electron chi connectivity index (χ0n) is 10.6. The maximum absolute atomic E-state index is 5.69. The first kappa shape index (κ1) is 11.9. The third kappa shape index (κ3) is 2.56. The van der Waals surface area contributed by atoms with E-state index in [0.29, 0.717) is 12.6 Å². The lowest BCUT2D eigenvalue weighted by Gasteiger charge is -2.14. The van der Waals surface area contributed by atoms with E-state index in [1.54, 1.807) is 0 Å². The minimum absolute atomic E-state index is 0.396. The van der Waals surface area contributed by atoms with Gasteiger partial charge in [0.15, 0.2) is 0 Å². The second-order valence-electron chi connectivity index (χ2n) is 4.68. The summed E-state index contributed by atoms with van der Waals surface area (Å²) in [6, 6.07) is 8.75. The minimum atomic E-state index is 0.396. The van der Waals surface area contributed by atoms with Gasteiger partial charge in [-0.2, -0.15) is 0 Å². The van der Waals surface area contributed by atoms with E-state index in [4.69, 9.17) is 5.73 Å². The molecule has 0 aliphatic carbocycles. The molecule has 0 aliphatic heterocycles. The Labute approximate surface area is 102 Å². The Balaban J connectivity index is 2.62. The van der Waals surface area contributed by atoms with Crippen LogP contribution in [-0.4, -0.2) is 11.0 Å². The lowest BCUT2D eigenvalue weighted by atomic mass is 10.1. The Morgan fingerprint density at radius 2 is 2.06 bits per heavy atom. The van der Waals surface area contributed by atoms with Crippen LogP contribution in [0.15, 0.2) is 24.3 Å². The molecule has 1 aromatic heterocycles. The van der Waals surface area contributed by atoms with Crippen LogP contribution in [0.4, 0.5) is 5.69 Å². The van der Waals surface area contributed by atoms with Crippen LogP contribution in [0.5, 0.6) is 0 Å². The molecule has 0 radical (unpaired) electrons. The van der Waals surface area contributed by atoms with Gasteiger partial charge >= 0.3 is 0 Å². The molecule has 0 saturated heterocycles. The topological polar surface area (TPSA) is 50.9 Å². The molecule has 2 aromatic rings. The summed E-state index contributed by atoms with van der Waals surface area (Å²) in [5.41, 5.74) is 9.95. The van der Waals surface area contributed by atoms with Gasteiger partial charge in [-0.15, -0.1) is 0 Å². The average Bonchev–Trinajstić information content (AvgIpc) is 2.27. The van der Waals surface area contributed by atoms with E-state index in [1.807, 2.05) is 6.07 Å². The maximum atomic E-state index is 5.69. The minimum Gasteiger partial charge on any atom is -0.382 e. The number of aromatic nitrogens is 1. The Morgan fingerprint density at radius 1 is 1.29 bits per heavy atom. The number of nitrogens with one attached hydrogen (secondary N) is 1. The summed E-state index contributed by atoms with van der Waals surface area (Å²) in [6.45, 7) is 6.80. The summed E-state index contributed by atoms with van der Waals surface area (Å²) in [6.07, 6.45) is 0. The Bertz CT molecular complexity index is 532. The Kier molecular flexibility index (Phi) is 3.29. The average molecular weight is 229 g/mol. The largest absolute Gasteiger partial charge is 0.382 e. The fourth-order valence-electron chi connectivity index (χ4n) is 1.93. The van der Waals surface area contributed by atoms with Crippen molar-refractivity contribution in [2.75, 3.05) is 5.32 Å². The van der Waals surface area contributed by atoms with Crippen LogP contribution in [0.25, 0.3) is 10.9 Å². The van der Waals surface area contributed by atoms with Crippen molar-refractivity contribution >= 4 is 16.6 Å². The zero-order chi connectivity index (χ0) is 12.4. The molecule has 90 valence electrons. The molecule has 0 unspecified atom stereocenters. The van der Waals surface area contributed by atoms with E-state index in [1.165, 1.54) is 5.56 Å². The fourth-order valence-corrected chi connectivity index (χ4v) is 1.93. The number of nitrogens with zero attached hydrogens (tertiary/aromatic N) is 1. The molecule has 0 atom stereocenters. The predicted octanol–water partition coefficient (Wildman–Crippen LogP) is 2.82. The van der Waals surface area contributed by atoms with Gasteiger partial charge in [0.1, 0.15) is 0 Å². The first-order valence-electron chi connectivity index (χ1n) is 5.97. The van der Waals surface area contributed by atoms with Gasteiger partial charge < -0.3 is 11.1 Å². The number of nitrogens with two attached hydrogens (primary N) is 1. The molecule has 1 heterocycles. The van der Waals surface area contributed by atoms with Crippen molar-refractivity contribution in [3.63, 3.8) is 0 Å². The van der Waals surface area contributed by atoms with Crippen LogP contribution in [0.1, 0.15) is 25.1 Å². The second kappa shape index (κ2) is 4.72. The Hall–Kier alpha value is -1.61. The number of hydrogen-bond acceptors (Lipinski definition) is 3. The standard InChI is InChI=1S/C14H19N3/c1-9(2)16-14-7-11(8-15)17-13-6-10(3)4-5-12(13)14/h4-7,9H,8,15H2,1-3H3,(H,16,17). The summed E-state index contributed by atoms with van der Waals surface area (Å²) in [4.78, 5) is 4.56. The maximum Gasteiger partial charge on any atom is 0.0729 e. The third-order valence-corrected chi connectivity index (χ3v) is 2.67. The zero-order valence-corrected chi connectivity index (χ0v) is 10.6. The molecule has 0 spiro atoms. The van der Waals surface area contributed by atoms with Crippen LogP contribution >= 0.6 is 0 Å². The molecule has 3 nitrogen and oxygen atoms in total. The number of rotatable bonds is 3. The van der Waals surface area contributed by atoms with Crippen LogP contribution in [0.2, 0.25) is 0 Å². The fraction of sp³-hybridized carbons (Fsp3) is 0.357. The summed E-state index contributed by atoms with van der Waals surface area (Å²) in [5.74, 6) is 0. The highest BCUT2D eigenvalue weighted by atomic mass is 14.9. The van der Waals surface area contributed by atoms with Gasteiger partial charge in [0.05, 0.1) is 11.2 Å². The van der Waals surface area contributed by atoms with Crippen molar-refractivity contribution in [3.8, 4) is 0 Å². The first-order valence-corrected chi connectivity index (χ1v) is 5.97. The Morgan fingerprint density at radius 3 is 2.71 bits per heavy atom. The van der Waals surface area contributed by atoms with E-state index in [0.717, 1.165) is 22.3 Å². The molecule has 0 fully saturated rings. The molecule has 0 bridgehead atoms. The molecule has 0 aliphatic rings. The van der Waals surface area contributed by atoms with Gasteiger partial charge in [0.25, 0.3) is 0 Å². The van der Waals surface area contributed by atoms with E-state index in [2.05, 4.69) is 49.3 Å². The van der Waals surface area contributed by atoms with Gasteiger partial charge in [0.2, 0.25) is 0 Å².